The predicted molar refractivity (Wildman–Crippen MR) is 248 cm³/mol. The van der Waals surface area contributed by atoms with Crippen LogP contribution in [-0.4, -0.2) is 98.9 Å². The summed E-state index contributed by atoms with van der Waals surface area (Å²) in [4.78, 5) is 23.2. The van der Waals surface area contributed by atoms with E-state index in [0.29, 0.717) is 13.0 Å². The van der Waals surface area contributed by atoms with E-state index in [1.165, 1.54) is 25.7 Å². The van der Waals surface area contributed by atoms with Crippen LogP contribution >= 0.6 is 7.82 Å². The first-order valence-corrected chi connectivity index (χ1v) is 24.9. The maximum atomic E-state index is 12.8. The number of aliphatic hydroxyl groups is 5. The molecule has 0 spiro atoms. The number of aliphatic hydroxyl groups excluding tert-OH is 5. The largest absolute Gasteiger partial charge is 0.472 e. The minimum Gasteiger partial charge on any atom is -0.457 e. The molecule has 1 aliphatic rings. The molecule has 6 atom stereocenters. The number of carbonyl (C=O) groups excluding carboxylic acids is 1. The van der Waals surface area contributed by atoms with Crippen molar-refractivity contribution in [1.29, 1.82) is 0 Å². The van der Waals surface area contributed by atoms with Gasteiger partial charge in [-0.05, 0) is 83.5 Å². The lowest BCUT2D eigenvalue weighted by molar-refractivity contribution is -0.220. The fourth-order valence-corrected chi connectivity index (χ4v) is 7.57. The van der Waals surface area contributed by atoms with Crippen molar-refractivity contribution in [3.63, 3.8) is 0 Å². The molecule has 0 bridgehead atoms. The molecule has 356 valence electrons. The third-order valence-electron chi connectivity index (χ3n) is 10.3. The standard InChI is InChI=1S/C49H83O12P/c1-3-5-7-9-11-13-15-17-19-21-23-25-27-29-31-33-35-37-39-58-40-42(41-59-62(56,57)61-49-47(54)45(52)44(51)46(53)48(49)55)60-43(50)38-36-34-32-30-28-26-24-22-20-18-16-14-12-10-8-6-4-2/h5-8,11-14,17-20,24,26,42,44-49,51-55H,3-4,9-10,15-16,21-23,25,27-41H2,1-2H3,(H,56,57)/b7-5-,8-6-,13-11-,14-12-,19-17-,20-18-,26-24-. The van der Waals surface area contributed by atoms with E-state index < -0.39 is 63.1 Å². The second-order valence-electron chi connectivity index (χ2n) is 15.8. The van der Waals surface area contributed by atoms with Gasteiger partial charge in [0, 0.05) is 13.0 Å². The molecule has 0 amide bonds. The van der Waals surface area contributed by atoms with Crippen molar-refractivity contribution in [2.24, 2.45) is 0 Å². The molecule has 6 unspecified atom stereocenters. The number of unbranched alkanes of at least 4 members (excludes halogenated alkanes) is 12. The Hall–Kier alpha value is -2.48. The quantitative estimate of drug-likeness (QED) is 0.0149. The van der Waals surface area contributed by atoms with Gasteiger partial charge >= 0.3 is 13.8 Å². The van der Waals surface area contributed by atoms with E-state index in [4.69, 9.17) is 18.5 Å². The summed E-state index contributed by atoms with van der Waals surface area (Å²) in [6.07, 6.45) is 39.3. The molecule has 0 aromatic carbocycles. The Bertz CT molecular complexity index is 1340. The molecule has 0 aromatic heterocycles. The summed E-state index contributed by atoms with van der Waals surface area (Å²) in [6.45, 7) is 3.98. The van der Waals surface area contributed by atoms with E-state index in [1.807, 2.05) is 0 Å². The second kappa shape index (κ2) is 38.9. The van der Waals surface area contributed by atoms with Crippen molar-refractivity contribution in [3.8, 4) is 0 Å². The van der Waals surface area contributed by atoms with Crippen molar-refractivity contribution in [2.75, 3.05) is 19.8 Å². The van der Waals surface area contributed by atoms with Crippen LogP contribution in [0.2, 0.25) is 0 Å². The third-order valence-corrected chi connectivity index (χ3v) is 11.2. The first-order valence-electron chi connectivity index (χ1n) is 23.4. The molecule has 0 radical (unpaired) electrons. The van der Waals surface area contributed by atoms with Gasteiger partial charge in [0.25, 0.3) is 0 Å². The van der Waals surface area contributed by atoms with Crippen molar-refractivity contribution < 1.29 is 58.3 Å². The summed E-state index contributed by atoms with van der Waals surface area (Å²) in [5.74, 6) is -0.507. The minimum absolute atomic E-state index is 0.0973. The number of hydrogen-bond donors (Lipinski definition) is 6. The predicted octanol–water partition coefficient (Wildman–Crippen LogP) is 9.75. The lowest BCUT2D eigenvalue weighted by Gasteiger charge is -2.41. The number of hydrogen-bond acceptors (Lipinski definition) is 11. The molecule has 62 heavy (non-hydrogen) atoms. The van der Waals surface area contributed by atoms with Crippen LogP contribution < -0.4 is 0 Å². The number of phosphoric acid groups is 1. The smallest absolute Gasteiger partial charge is 0.457 e. The summed E-state index contributed by atoms with van der Waals surface area (Å²) in [6, 6.07) is 0. The molecule has 0 aliphatic heterocycles. The molecule has 0 aromatic rings. The fourth-order valence-electron chi connectivity index (χ4n) is 6.59. The van der Waals surface area contributed by atoms with Crippen LogP contribution in [0.15, 0.2) is 85.1 Å². The van der Waals surface area contributed by atoms with Gasteiger partial charge in [-0.15, -0.1) is 0 Å². The van der Waals surface area contributed by atoms with Crippen LogP contribution in [0.25, 0.3) is 0 Å². The Labute approximate surface area is 373 Å². The highest BCUT2D eigenvalue weighted by Gasteiger charge is 2.51. The zero-order valence-corrected chi connectivity index (χ0v) is 38.8. The highest BCUT2D eigenvalue weighted by Crippen LogP contribution is 2.47. The van der Waals surface area contributed by atoms with Gasteiger partial charge in [-0.3, -0.25) is 13.8 Å². The highest BCUT2D eigenvalue weighted by atomic mass is 31.2. The molecule has 0 saturated heterocycles. The molecule has 13 heteroatoms. The second-order valence-corrected chi connectivity index (χ2v) is 17.2. The van der Waals surface area contributed by atoms with Crippen LogP contribution in [0, 0.1) is 0 Å². The van der Waals surface area contributed by atoms with Gasteiger partial charge in [0.2, 0.25) is 0 Å². The van der Waals surface area contributed by atoms with Gasteiger partial charge in [0.15, 0.2) is 0 Å². The number of allylic oxidation sites excluding steroid dienone is 14. The first-order chi connectivity index (χ1) is 30.0. The number of phosphoric ester groups is 1. The van der Waals surface area contributed by atoms with Crippen molar-refractivity contribution in [1.82, 2.24) is 0 Å². The van der Waals surface area contributed by atoms with Gasteiger partial charge in [-0.1, -0.05) is 150 Å². The Balaban J connectivity index is 2.42. The van der Waals surface area contributed by atoms with Crippen LogP contribution in [0.3, 0.4) is 0 Å². The molecular weight excluding hydrogens is 812 g/mol. The van der Waals surface area contributed by atoms with Crippen LogP contribution in [-0.2, 0) is 27.9 Å². The molecule has 1 rings (SSSR count). The highest BCUT2D eigenvalue weighted by molar-refractivity contribution is 7.47. The summed E-state index contributed by atoms with van der Waals surface area (Å²) in [5, 5.41) is 50.2. The fraction of sp³-hybridized carbons (Fsp3) is 0.694. The number of ether oxygens (including phenoxy) is 2. The molecule has 1 fully saturated rings. The Morgan fingerprint density at radius 2 is 0.903 bits per heavy atom. The van der Waals surface area contributed by atoms with E-state index in [-0.39, 0.29) is 13.0 Å². The lowest BCUT2D eigenvalue weighted by Crippen LogP contribution is -2.64. The van der Waals surface area contributed by atoms with E-state index >= 15 is 0 Å². The topological polar surface area (TPSA) is 192 Å². The average Bonchev–Trinajstić information content (AvgIpc) is 3.26. The Morgan fingerprint density at radius 3 is 1.37 bits per heavy atom. The van der Waals surface area contributed by atoms with Crippen molar-refractivity contribution >= 4 is 13.8 Å². The van der Waals surface area contributed by atoms with Crippen molar-refractivity contribution in [3.05, 3.63) is 85.1 Å². The summed E-state index contributed by atoms with van der Waals surface area (Å²) in [5.41, 5.74) is 0. The number of carbonyl (C=O) groups is 1. The van der Waals surface area contributed by atoms with Crippen LogP contribution in [0.5, 0.6) is 0 Å². The lowest BCUT2D eigenvalue weighted by atomic mass is 9.85. The van der Waals surface area contributed by atoms with E-state index in [0.717, 1.165) is 103 Å². The number of rotatable bonds is 38. The molecule has 12 nitrogen and oxygen atoms in total. The Morgan fingerprint density at radius 1 is 0.516 bits per heavy atom. The SMILES string of the molecule is CC/C=C\C/C=C\C/C=C\C/C=C\CCCCCCC(=O)OC(COCCCCCCCCCC/C=C\C/C=C\C/C=C\CC)COP(=O)(O)OC1C(O)C(O)C(O)C(O)C1O. The third kappa shape index (κ3) is 30.6. The number of esters is 1. The molecule has 6 N–H and O–H groups in total. The summed E-state index contributed by atoms with van der Waals surface area (Å²) < 4.78 is 34.2. The van der Waals surface area contributed by atoms with Crippen LogP contribution in [0.4, 0.5) is 0 Å². The normalized spacial score (nSPS) is 22.8. The van der Waals surface area contributed by atoms with Gasteiger partial charge in [0.1, 0.15) is 42.7 Å². The molecular formula is C49H83O12P. The molecule has 1 aliphatic carbocycles. The Kier molecular flexibility index (Phi) is 36.1. The van der Waals surface area contributed by atoms with Crippen molar-refractivity contribution in [2.45, 2.75) is 198 Å². The van der Waals surface area contributed by atoms with Gasteiger partial charge in [0.05, 0.1) is 13.2 Å². The zero-order valence-electron chi connectivity index (χ0n) is 37.9. The summed E-state index contributed by atoms with van der Waals surface area (Å²) >= 11 is 0. The average molecular weight is 895 g/mol. The zero-order chi connectivity index (χ0) is 45.5. The van der Waals surface area contributed by atoms with Crippen LogP contribution in [0.1, 0.15) is 155 Å². The monoisotopic (exact) mass is 895 g/mol. The minimum atomic E-state index is -5.03. The van der Waals surface area contributed by atoms with Gasteiger partial charge in [-0.25, -0.2) is 4.57 Å². The maximum Gasteiger partial charge on any atom is 0.472 e. The first kappa shape index (κ1) is 57.5. The van der Waals surface area contributed by atoms with E-state index in [9.17, 15) is 39.8 Å². The van der Waals surface area contributed by atoms with E-state index in [2.05, 4.69) is 98.9 Å². The van der Waals surface area contributed by atoms with E-state index in [1.54, 1.807) is 0 Å². The molecule has 0 heterocycles. The molecule has 1 saturated carbocycles. The van der Waals surface area contributed by atoms with Gasteiger partial charge < -0.3 is 39.9 Å². The van der Waals surface area contributed by atoms with Gasteiger partial charge in [-0.2, -0.15) is 0 Å². The summed E-state index contributed by atoms with van der Waals surface area (Å²) in [7, 11) is -5.03. The maximum absolute atomic E-state index is 12.8.